The number of urea groups is 1. The Labute approximate surface area is 259 Å². The molecule has 3 aromatic carbocycles. The van der Waals surface area contributed by atoms with Crippen molar-refractivity contribution >= 4 is 34.3 Å². The number of halogens is 4. The van der Waals surface area contributed by atoms with Crippen LogP contribution >= 0.6 is 11.8 Å². The number of aromatic nitrogens is 3. The lowest BCUT2D eigenvalue weighted by molar-refractivity contribution is -0.274. The summed E-state index contributed by atoms with van der Waals surface area (Å²) in [7, 11) is 1.57. The first-order chi connectivity index (χ1) is 21.5. The summed E-state index contributed by atoms with van der Waals surface area (Å²) in [6, 6.07) is 13.8. The molecular weight excluding hydrogens is 616 g/mol. The van der Waals surface area contributed by atoms with Gasteiger partial charge in [0.2, 0.25) is 0 Å². The molecule has 4 rings (SSSR count). The molecule has 0 bridgehead atoms. The molecule has 234 valence electrons. The fraction of sp³-hybridized carbons (Fsp3) is 0.200. The van der Waals surface area contributed by atoms with Gasteiger partial charge in [-0.15, -0.1) is 24.7 Å². The van der Waals surface area contributed by atoms with E-state index < -0.39 is 18.2 Å². The number of aryl methyl sites for hydroxylation is 1. The lowest BCUT2D eigenvalue weighted by Crippen LogP contribution is -2.17. The highest BCUT2D eigenvalue weighted by molar-refractivity contribution is 8.14. The van der Waals surface area contributed by atoms with E-state index in [1.54, 1.807) is 7.11 Å². The maximum atomic E-state index is 14.8. The second-order valence-electron chi connectivity index (χ2n) is 9.14. The number of hydrogen-bond donors (Lipinski definition) is 2. The second-order valence-corrected chi connectivity index (χ2v) is 10.1. The van der Waals surface area contributed by atoms with Gasteiger partial charge in [0.05, 0.1) is 18.0 Å². The highest BCUT2D eigenvalue weighted by Crippen LogP contribution is 2.25. The van der Waals surface area contributed by atoms with Gasteiger partial charge in [0, 0.05) is 30.1 Å². The number of terminal acetylenes is 1. The summed E-state index contributed by atoms with van der Waals surface area (Å²) in [4.78, 5) is 20.8. The van der Waals surface area contributed by atoms with Crippen LogP contribution in [0.2, 0.25) is 0 Å². The van der Waals surface area contributed by atoms with Gasteiger partial charge in [0.15, 0.2) is 22.6 Å². The number of methoxy groups -OCH3 is 1. The zero-order chi connectivity index (χ0) is 32.4. The first-order valence-electron chi connectivity index (χ1n) is 13.0. The Bertz CT molecular complexity index is 1700. The van der Waals surface area contributed by atoms with Crippen molar-refractivity contribution in [2.75, 3.05) is 23.5 Å². The van der Waals surface area contributed by atoms with Crippen molar-refractivity contribution in [1.82, 2.24) is 14.8 Å². The zero-order valence-electron chi connectivity index (χ0n) is 23.9. The quantitative estimate of drug-likeness (QED) is 0.0851. The Balaban J connectivity index is 1.37. The number of nitrogens with zero attached hydrogens (tertiary/aromatic N) is 4. The van der Waals surface area contributed by atoms with E-state index in [4.69, 9.17) is 15.9 Å². The van der Waals surface area contributed by atoms with Gasteiger partial charge >= 0.3 is 12.4 Å². The Morgan fingerprint density at radius 1 is 1.09 bits per heavy atom. The summed E-state index contributed by atoms with van der Waals surface area (Å²) in [5.74, 6) is 1.65. The van der Waals surface area contributed by atoms with Gasteiger partial charge in [-0.3, -0.25) is 0 Å². The van der Waals surface area contributed by atoms with Crippen LogP contribution in [0.4, 0.5) is 33.7 Å². The molecule has 1 heterocycles. The number of aliphatic imine (C=N–C) groups is 1. The van der Waals surface area contributed by atoms with E-state index in [-0.39, 0.29) is 40.5 Å². The predicted molar refractivity (Wildman–Crippen MR) is 162 cm³/mol. The van der Waals surface area contributed by atoms with E-state index >= 15 is 0 Å². The molecule has 0 spiro atoms. The molecule has 0 aliphatic carbocycles. The summed E-state index contributed by atoms with van der Waals surface area (Å²) < 4.78 is 67.8. The number of rotatable bonds is 10. The number of carbonyl (C=O) groups is 1. The fourth-order valence-electron chi connectivity index (χ4n) is 3.78. The first-order valence-corrected chi connectivity index (χ1v) is 14.0. The van der Waals surface area contributed by atoms with Crippen molar-refractivity contribution in [2.45, 2.75) is 26.5 Å². The minimum Gasteiger partial charge on any atom is -0.482 e. The number of ether oxygens (including phenoxy) is 3. The highest BCUT2D eigenvalue weighted by atomic mass is 32.2. The zero-order valence-corrected chi connectivity index (χ0v) is 24.7. The summed E-state index contributed by atoms with van der Waals surface area (Å²) in [6.45, 7) is 2.06. The molecule has 4 aromatic rings. The molecule has 2 N–H and O–H groups in total. The minimum absolute atomic E-state index is 0.126. The van der Waals surface area contributed by atoms with Crippen LogP contribution in [0.3, 0.4) is 0 Å². The van der Waals surface area contributed by atoms with Crippen LogP contribution in [0.5, 0.6) is 11.5 Å². The number of thioether (sulfide) groups is 1. The average molecular weight is 643 g/mol. The van der Waals surface area contributed by atoms with Crippen LogP contribution in [0.25, 0.3) is 5.69 Å². The fourth-order valence-corrected chi connectivity index (χ4v) is 4.33. The smallest absolute Gasteiger partial charge is 0.482 e. The van der Waals surface area contributed by atoms with Gasteiger partial charge in [0.1, 0.15) is 18.7 Å². The molecule has 0 saturated heterocycles. The number of alkyl halides is 3. The summed E-state index contributed by atoms with van der Waals surface area (Å²) >= 11 is 1.15. The SMILES string of the molecule is C#CCS/C(=N\C(=O)Nc1ccc(OCc2ncn(-c3ccc(OC(F)(F)F)cc3)n2)c(F)c1)Nc1cc(C)ccc1COC. The van der Waals surface area contributed by atoms with Crippen LogP contribution in [0.1, 0.15) is 17.0 Å². The molecule has 0 unspecified atom stereocenters. The van der Waals surface area contributed by atoms with Crippen molar-refractivity contribution in [1.29, 1.82) is 0 Å². The van der Waals surface area contributed by atoms with Crippen molar-refractivity contribution in [3.05, 3.63) is 89.8 Å². The summed E-state index contributed by atoms with van der Waals surface area (Å²) in [6.07, 6.45) is 1.93. The lowest BCUT2D eigenvalue weighted by Gasteiger charge is -2.14. The van der Waals surface area contributed by atoms with Crippen molar-refractivity contribution < 1.29 is 36.6 Å². The van der Waals surface area contributed by atoms with Crippen LogP contribution in [-0.2, 0) is 18.0 Å². The number of hydrogen-bond acceptors (Lipinski definition) is 7. The van der Waals surface area contributed by atoms with E-state index in [1.165, 1.54) is 35.3 Å². The van der Waals surface area contributed by atoms with Crippen molar-refractivity contribution in [3.8, 4) is 29.5 Å². The van der Waals surface area contributed by atoms with Gasteiger partial charge in [-0.2, -0.15) is 4.99 Å². The van der Waals surface area contributed by atoms with Crippen LogP contribution in [0, 0.1) is 25.1 Å². The topological polar surface area (TPSA) is 112 Å². The monoisotopic (exact) mass is 642 g/mol. The predicted octanol–water partition coefficient (Wildman–Crippen LogP) is 6.71. The molecule has 0 aliphatic heterocycles. The third kappa shape index (κ3) is 9.98. The van der Waals surface area contributed by atoms with Crippen molar-refractivity contribution in [2.24, 2.45) is 4.99 Å². The summed E-state index contributed by atoms with van der Waals surface area (Å²) in [5.41, 5.74) is 3.09. The largest absolute Gasteiger partial charge is 0.573 e. The number of benzene rings is 3. The number of anilines is 2. The van der Waals surface area contributed by atoms with Gasteiger partial charge in [-0.05, 0) is 55.0 Å². The van der Waals surface area contributed by atoms with Gasteiger partial charge < -0.3 is 24.8 Å². The average Bonchev–Trinajstić information content (AvgIpc) is 3.45. The van der Waals surface area contributed by atoms with E-state index in [0.29, 0.717) is 18.0 Å². The molecule has 15 heteroatoms. The van der Waals surface area contributed by atoms with Crippen LogP contribution in [0.15, 0.2) is 72.0 Å². The van der Waals surface area contributed by atoms with Gasteiger partial charge in [-0.25, -0.2) is 18.9 Å². The van der Waals surface area contributed by atoms with E-state index in [0.717, 1.165) is 41.1 Å². The Morgan fingerprint density at radius 2 is 1.87 bits per heavy atom. The van der Waals surface area contributed by atoms with Gasteiger partial charge in [-0.1, -0.05) is 29.8 Å². The highest BCUT2D eigenvalue weighted by Gasteiger charge is 2.31. The molecule has 2 amide bonds. The Morgan fingerprint density at radius 3 is 2.56 bits per heavy atom. The maximum absolute atomic E-state index is 14.8. The lowest BCUT2D eigenvalue weighted by atomic mass is 10.1. The van der Waals surface area contributed by atoms with Gasteiger partial charge in [0.25, 0.3) is 0 Å². The molecule has 10 nitrogen and oxygen atoms in total. The molecule has 0 fully saturated rings. The standard InChI is InChI=1S/C30H26F4N6O4S/c1-4-13-45-29(37-25-14-19(2)5-6-20(25)16-42-3)38-28(41)36-21-7-12-26(24(31)15-21)43-17-27-35-18-40(39-27)22-8-10-23(11-9-22)44-30(32,33)34/h1,5-12,14-15,18H,13,16-17H2,2-3H3,(H2,36,37,38,41). The van der Waals surface area contributed by atoms with Crippen molar-refractivity contribution in [3.63, 3.8) is 0 Å². The van der Waals surface area contributed by atoms with Crippen LogP contribution in [-0.4, -0.2) is 45.2 Å². The number of amidine groups is 1. The number of carbonyl (C=O) groups excluding carboxylic acids is 1. The van der Waals surface area contributed by atoms with E-state index in [9.17, 15) is 22.4 Å². The molecule has 1 aromatic heterocycles. The van der Waals surface area contributed by atoms with E-state index in [1.807, 2.05) is 25.1 Å². The minimum atomic E-state index is -4.80. The van der Waals surface area contributed by atoms with E-state index in [2.05, 4.69) is 36.4 Å². The molecular formula is C30H26F4N6O4S. The molecule has 0 radical (unpaired) electrons. The first kappa shape index (κ1) is 32.8. The number of nitrogens with one attached hydrogen (secondary N) is 2. The summed E-state index contributed by atoms with van der Waals surface area (Å²) in [5, 5.41) is 10.1. The molecule has 0 saturated carbocycles. The molecule has 45 heavy (non-hydrogen) atoms. The normalized spacial score (nSPS) is 11.5. The molecule has 0 atom stereocenters. The Hall–Kier alpha value is -5.07. The maximum Gasteiger partial charge on any atom is 0.573 e. The number of amides is 2. The second kappa shape index (κ2) is 15.1. The van der Waals surface area contributed by atoms with Crippen LogP contribution < -0.4 is 20.1 Å². The molecule has 0 aliphatic rings. The third-order valence-corrected chi connectivity index (χ3v) is 6.49. The Kier molecular flexibility index (Phi) is 11.0. The third-order valence-electron chi connectivity index (χ3n) is 5.72.